The first-order chi connectivity index (χ1) is 9.17. The predicted octanol–water partition coefficient (Wildman–Crippen LogP) is 3.33. The highest BCUT2D eigenvalue weighted by atomic mass is 127. The van der Waals surface area contributed by atoms with Gasteiger partial charge >= 0.3 is 0 Å². The maximum Gasteiger partial charge on any atom is 0.254 e. The summed E-state index contributed by atoms with van der Waals surface area (Å²) in [5, 5.41) is 1.97. The third-order valence-electron chi connectivity index (χ3n) is 3.99. The van der Waals surface area contributed by atoms with Crippen LogP contribution in [0.15, 0.2) is 11.4 Å². The minimum absolute atomic E-state index is 0.173. The number of nitrogens with two attached hydrogens (primary N) is 1. The lowest BCUT2D eigenvalue weighted by atomic mass is 9.83. The fourth-order valence-corrected chi connectivity index (χ4v) is 4.31. The molecule has 2 rings (SSSR count). The molecule has 1 amide bonds. The third-order valence-corrected chi connectivity index (χ3v) is 5.78. The summed E-state index contributed by atoms with van der Waals surface area (Å²) < 4.78 is 1.16. The van der Waals surface area contributed by atoms with Crippen molar-refractivity contribution in [2.75, 3.05) is 13.1 Å². The van der Waals surface area contributed by atoms with Gasteiger partial charge in [0.05, 0.1) is 8.45 Å². The first-order valence-electron chi connectivity index (χ1n) is 6.92. The highest BCUT2D eigenvalue weighted by Crippen LogP contribution is 2.29. The Morgan fingerprint density at radius 3 is 2.84 bits per heavy atom. The Morgan fingerprint density at radius 2 is 2.26 bits per heavy atom. The van der Waals surface area contributed by atoms with E-state index in [1.807, 2.05) is 16.3 Å². The summed E-state index contributed by atoms with van der Waals surface area (Å²) >= 11 is 3.89. The van der Waals surface area contributed by atoms with E-state index in [2.05, 4.69) is 29.5 Å². The summed E-state index contributed by atoms with van der Waals surface area (Å²) in [5.74, 6) is 0.641. The smallest absolute Gasteiger partial charge is 0.254 e. The Bertz CT molecular complexity index is 435. The van der Waals surface area contributed by atoms with Crippen LogP contribution in [-0.4, -0.2) is 29.9 Å². The Balaban J connectivity index is 2.16. The van der Waals surface area contributed by atoms with Crippen molar-refractivity contribution in [1.29, 1.82) is 0 Å². The minimum atomic E-state index is 0.173. The van der Waals surface area contributed by atoms with Crippen LogP contribution in [0.5, 0.6) is 0 Å². The second kappa shape index (κ2) is 7.04. The zero-order valence-electron chi connectivity index (χ0n) is 11.3. The second-order valence-electron chi connectivity index (χ2n) is 5.08. The number of rotatable bonds is 4. The molecule has 1 saturated carbocycles. The van der Waals surface area contributed by atoms with Crippen LogP contribution >= 0.6 is 33.9 Å². The van der Waals surface area contributed by atoms with Gasteiger partial charge in [0.25, 0.3) is 5.91 Å². The van der Waals surface area contributed by atoms with Crippen molar-refractivity contribution >= 4 is 39.8 Å². The Morgan fingerprint density at radius 1 is 1.53 bits per heavy atom. The SMILES string of the molecule is CCN(C(=O)c1csc(I)c1)C1CCCCC1CN. The van der Waals surface area contributed by atoms with Gasteiger partial charge in [0.15, 0.2) is 0 Å². The third kappa shape index (κ3) is 3.49. The Labute approximate surface area is 132 Å². The highest BCUT2D eigenvalue weighted by molar-refractivity contribution is 14.1. The van der Waals surface area contributed by atoms with Crippen LogP contribution in [0.1, 0.15) is 43.0 Å². The average Bonchev–Trinajstić information content (AvgIpc) is 2.86. The molecule has 0 aromatic carbocycles. The molecule has 1 aliphatic rings. The van der Waals surface area contributed by atoms with Crippen molar-refractivity contribution in [2.24, 2.45) is 11.7 Å². The van der Waals surface area contributed by atoms with Gasteiger partial charge in [0.2, 0.25) is 0 Å². The van der Waals surface area contributed by atoms with Gasteiger partial charge in [-0.05, 0) is 60.9 Å². The molecule has 1 aromatic heterocycles. The largest absolute Gasteiger partial charge is 0.336 e. The van der Waals surface area contributed by atoms with Crippen molar-refractivity contribution in [3.8, 4) is 0 Å². The normalized spacial score (nSPS) is 23.3. The number of hydrogen-bond acceptors (Lipinski definition) is 3. The van der Waals surface area contributed by atoms with E-state index in [4.69, 9.17) is 5.73 Å². The molecule has 1 aliphatic carbocycles. The lowest BCUT2D eigenvalue weighted by molar-refractivity contribution is 0.0560. The first kappa shape index (κ1) is 15.3. The summed E-state index contributed by atoms with van der Waals surface area (Å²) in [4.78, 5) is 14.7. The van der Waals surface area contributed by atoms with Gasteiger partial charge < -0.3 is 10.6 Å². The molecular formula is C14H21IN2OS. The zero-order valence-corrected chi connectivity index (χ0v) is 14.2. The topological polar surface area (TPSA) is 46.3 Å². The molecule has 2 unspecified atom stereocenters. The molecule has 0 spiro atoms. The Hall–Kier alpha value is -0.140. The molecule has 1 aromatic rings. The molecule has 0 aliphatic heterocycles. The van der Waals surface area contributed by atoms with Crippen LogP contribution in [0, 0.1) is 8.80 Å². The quantitative estimate of drug-likeness (QED) is 0.800. The van der Waals surface area contributed by atoms with Crippen molar-refractivity contribution in [1.82, 2.24) is 4.90 Å². The molecule has 5 heteroatoms. The van der Waals surface area contributed by atoms with Gasteiger partial charge in [0, 0.05) is 18.0 Å². The van der Waals surface area contributed by atoms with Gasteiger partial charge in [-0.2, -0.15) is 0 Å². The predicted molar refractivity (Wildman–Crippen MR) is 88.5 cm³/mol. The van der Waals surface area contributed by atoms with E-state index in [0.29, 0.717) is 18.5 Å². The summed E-state index contributed by atoms with van der Waals surface area (Å²) in [6, 6.07) is 2.31. The maximum absolute atomic E-state index is 12.6. The van der Waals surface area contributed by atoms with Gasteiger partial charge in [-0.15, -0.1) is 11.3 Å². The van der Waals surface area contributed by atoms with Crippen molar-refractivity contribution in [3.63, 3.8) is 0 Å². The van der Waals surface area contributed by atoms with Gasteiger partial charge in [-0.3, -0.25) is 4.79 Å². The zero-order chi connectivity index (χ0) is 13.8. The summed E-state index contributed by atoms with van der Waals surface area (Å²) in [6.45, 7) is 3.53. The van der Waals surface area contributed by atoms with Crippen LogP contribution in [0.25, 0.3) is 0 Å². The van der Waals surface area contributed by atoms with Gasteiger partial charge in [0.1, 0.15) is 0 Å². The average molecular weight is 392 g/mol. The molecule has 2 N–H and O–H groups in total. The van der Waals surface area contributed by atoms with E-state index < -0.39 is 0 Å². The first-order valence-corrected chi connectivity index (χ1v) is 8.88. The molecule has 19 heavy (non-hydrogen) atoms. The van der Waals surface area contributed by atoms with Crippen molar-refractivity contribution < 1.29 is 4.79 Å². The number of nitrogens with zero attached hydrogens (tertiary/aromatic N) is 1. The number of hydrogen-bond donors (Lipinski definition) is 1. The minimum Gasteiger partial charge on any atom is -0.336 e. The highest BCUT2D eigenvalue weighted by Gasteiger charge is 2.31. The maximum atomic E-state index is 12.6. The Kier molecular flexibility index (Phi) is 5.65. The molecule has 1 heterocycles. The summed E-state index contributed by atoms with van der Waals surface area (Å²) in [5.41, 5.74) is 6.72. The van der Waals surface area contributed by atoms with E-state index in [1.165, 1.54) is 12.8 Å². The fraction of sp³-hybridized carbons (Fsp3) is 0.643. The lowest BCUT2D eigenvalue weighted by Gasteiger charge is -2.39. The van der Waals surface area contributed by atoms with Gasteiger partial charge in [-0.1, -0.05) is 12.8 Å². The van der Waals surface area contributed by atoms with Crippen LogP contribution < -0.4 is 5.73 Å². The molecular weight excluding hydrogens is 371 g/mol. The molecule has 3 nitrogen and oxygen atoms in total. The second-order valence-corrected chi connectivity index (χ2v) is 7.88. The lowest BCUT2D eigenvalue weighted by Crippen LogP contribution is -2.47. The number of carbonyl (C=O) groups is 1. The molecule has 106 valence electrons. The van der Waals surface area contributed by atoms with E-state index >= 15 is 0 Å². The monoisotopic (exact) mass is 392 g/mol. The van der Waals surface area contributed by atoms with Crippen LogP contribution in [0.4, 0.5) is 0 Å². The summed E-state index contributed by atoms with van der Waals surface area (Å²) in [7, 11) is 0. The van der Waals surface area contributed by atoms with E-state index in [1.54, 1.807) is 11.3 Å². The van der Waals surface area contributed by atoms with Crippen LogP contribution in [0.3, 0.4) is 0 Å². The van der Waals surface area contributed by atoms with E-state index in [9.17, 15) is 4.79 Å². The standard InChI is InChI=1S/C14H21IN2OS/c1-2-17(12-6-4-3-5-10(12)8-16)14(18)11-7-13(15)19-9-11/h7,9-10,12H,2-6,8,16H2,1H3. The van der Waals surface area contributed by atoms with Crippen LogP contribution in [-0.2, 0) is 0 Å². The number of thiophene rings is 1. The van der Waals surface area contributed by atoms with Crippen LogP contribution in [0.2, 0.25) is 0 Å². The number of halogens is 1. The molecule has 0 bridgehead atoms. The van der Waals surface area contributed by atoms with E-state index in [0.717, 1.165) is 27.8 Å². The molecule has 0 saturated heterocycles. The van der Waals surface area contributed by atoms with Crippen molar-refractivity contribution in [3.05, 3.63) is 19.9 Å². The van der Waals surface area contributed by atoms with Crippen molar-refractivity contribution in [2.45, 2.75) is 38.6 Å². The number of carbonyl (C=O) groups excluding carboxylic acids is 1. The fourth-order valence-electron chi connectivity index (χ4n) is 2.99. The van der Waals surface area contributed by atoms with Gasteiger partial charge in [-0.25, -0.2) is 0 Å². The molecule has 2 atom stereocenters. The number of amides is 1. The molecule has 1 fully saturated rings. The molecule has 0 radical (unpaired) electrons. The summed E-state index contributed by atoms with van der Waals surface area (Å²) in [6.07, 6.45) is 4.72. The van der Waals surface area contributed by atoms with E-state index in [-0.39, 0.29) is 5.91 Å².